The number of nitrogen functional groups attached to an aromatic ring is 1. The number of ether oxygens (including phenoxy) is 2. The lowest BCUT2D eigenvalue weighted by Gasteiger charge is -2.29. The highest BCUT2D eigenvalue weighted by Crippen LogP contribution is 2.35. The Hall–Kier alpha value is -4.80. The molecule has 4 N–H and O–H groups in total. The molecule has 42 heavy (non-hydrogen) atoms. The van der Waals surface area contributed by atoms with Gasteiger partial charge in [-0.2, -0.15) is 0 Å². The molecule has 0 bridgehead atoms. The number of methoxy groups -OCH3 is 1. The third-order valence-corrected chi connectivity index (χ3v) is 7.09. The molecular weight excluding hydrogens is 536 g/mol. The summed E-state index contributed by atoms with van der Waals surface area (Å²) in [6.07, 6.45) is 8.06. The zero-order chi connectivity index (χ0) is 30.1. The molecular formula is C31H38N6O5. The minimum Gasteiger partial charge on any atom is -0.493 e. The Morgan fingerprint density at radius 1 is 1.10 bits per heavy atom. The minimum atomic E-state index is -0.299. The van der Waals surface area contributed by atoms with Crippen molar-refractivity contribution in [2.45, 2.75) is 45.1 Å². The predicted molar refractivity (Wildman–Crippen MR) is 164 cm³/mol. The van der Waals surface area contributed by atoms with Gasteiger partial charge >= 0.3 is 0 Å². The van der Waals surface area contributed by atoms with Gasteiger partial charge in [0.05, 0.1) is 31.1 Å². The van der Waals surface area contributed by atoms with E-state index >= 15 is 0 Å². The van der Waals surface area contributed by atoms with E-state index in [4.69, 9.17) is 15.2 Å². The van der Waals surface area contributed by atoms with Crippen LogP contribution in [0.2, 0.25) is 0 Å². The first-order valence-electron chi connectivity index (χ1n) is 14.0. The number of carbonyl (C=O) groups is 3. The Kier molecular flexibility index (Phi) is 10.2. The van der Waals surface area contributed by atoms with E-state index in [1.165, 1.54) is 0 Å². The third-order valence-electron chi connectivity index (χ3n) is 7.09. The van der Waals surface area contributed by atoms with Crippen LogP contribution in [0.1, 0.15) is 48.2 Å². The molecule has 1 saturated heterocycles. The zero-order valence-electron chi connectivity index (χ0n) is 24.3. The fraction of sp³-hybridized carbons (Fsp3) is 0.355. The first kappa shape index (κ1) is 30.2. The summed E-state index contributed by atoms with van der Waals surface area (Å²) in [4.78, 5) is 43.1. The first-order chi connectivity index (χ1) is 20.3. The van der Waals surface area contributed by atoms with Gasteiger partial charge in [0.25, 0.3) is 5.91 Å². The van der Waals surface area contributed by atoms with Crippen LogP contribution in [0.25, 0.3) is 0 Å². The number of aryl methyl sites for hydroxylation is 2. The maximum atomic E-state index is 12.7. The Labute approximate surface area is 245 Å². The Morgan fingerprint density at radius 2 is 1.88 bits per heavy atom. The molecule has 222 valence electrons. The van der Waals surface area contributed by atoms with Crippen molar-refractivity contribution in [3.8, 4) is 11.5 Å². The number of nitrogens with two attached hydrogens (primary N) is 1. The minimum absolute atomic E-state index is 0.0144. The highest BCUT2D eigenvalue weighted by Gasteiger charge is 2.19. The lowest BCUT2D eigenvalue weighted by atomic mass is 10.0. The second kappa shape index (κ2) is 14.2. The number of rotatable bonds is 12. The molecule has 4 rings (SSSR count). The van der Waals surface area contributed by atoms with E-state index in [9.17, 15) is 14.4 Å². The number of hydrogen-bond donors (Lipinski definition) is 3. The molecule has 1 atom stereocenters. The molecule has 3 aromatic rings. The highest BCUT2D eigenvalue weighted by atomic mass is 16.5. The summed E-state index contributed by atoms with van der Waals surface area (Å²) in [5.41, 5.74) is 9.52. The van der Waals surface area contributed by atoms with E-state index in [1.54, 1.807) is 60.2 Å². The molecule has 1 aromatic heterocycles. The van der Waals surface area contributed by atoms with E-state index in [0.717, 1.165) is 43.5 Å². The SMILES string of the molecule is COc1cc(C)c(N=C[C@@H]2CCCCN2C=O)cc1OCCCC(=O)Nc1cc(C(=O)Nc2ccc(N)cc2)n(C)c1. The number of piperidine rings is 1. The summed E-state index contributed by atoms with van der Waals surface area (Å²) in [6, 6.07) is 12.2. The van der Waals surface area contributed by atoms with Gasteiger partial charge in [-0.1, -0.05) is 0 Å². The molecule has 0 spiro atoms. The second-order valence-electron chi connectivity index (χ2n) is 10.3. The molecule has 1 aliphatic heterocycles. The fourth-order valence-corrected chi connectivity index (χ4v) is 4.76. The van der Waals surface area contributed by atoms with Gasteiger partial charge in [0.1, 0.15) is 5.69 Å². The molecule has 11 heteroatoms. The molecule has 0 radical (unpaired) electrons. The number of aliphatic imine (C=N–C) groups is 1. The molecule has 2 heterocycles. The smallest absolute Gasteiger partial charge is 0.272 e. The number of likely N-dealkylation sites (tertiary alicyclic amines) is 1. The number of aromatic nitrogens is 1. The summed E-state index contributed by atoms with van der Waals surface area (Å²) < 4.78 is 13.1. The predicted octanol–water partition coefficient (Wildman–Crippen LogP) is 4.69. The molecule has 3 amide bonds. The number of hydrogen-bond acceptors (Lipinski definition) is 7. The molecule has 0 saturated carbocycles. The Balaban J connectivity index is 1.29. The van der Waals surface area contributed by atoms with Gasteiger partial charge in [-0.05, 0) is 74.6 Å². The van der Waals surface area contributed by atoms with Crippen LogP contribution in [0.3, 0.4) is 0 Å². The van der Waals surface area contributed by atoms with Gasteiger partial charge < -0.3 is 35.3 Å². The topological polar surface area (TPSA) is 140 Å². The summed E-state index contributed by atoms with van der Waals surface area (Å²) >= 11 is 0. The van der Waals surface area contributed by atoms with Crippen molar-refractivity contribution >= 4 is 47.2 Å². The standard InChI is InChI=1S/C31H38N6O5/c1-21-15-28(41-3)29(17-26(21)33-18-25-7-4-5-13-37(25)20-38)42-14-6-8-30(39)34-24-16-27(36(2)19-24)31(40)35-23-11-9-22(32)10-12-23/h9-12,15-20,25H,4-8,13-14,32H2,1-3H3,(H,34,39)(H,35,40)/t25-/m0/s1. The average molecular weight is 575 g/mol. The van der Waals surface area contributed by atoms with Crippen LogP contribution in [-0.4, -0.2) is 60.2 Å². The van der Waals surface area contributed by atoms with Crippen LogP contribution >= 0.6 is 0 Å². The maximum Gasteiger partial charge on any atom is 0.272 e. The molecule has 0 unspecified atom stereocenters. The van der Waals surface area contributed by atoms with Crippen molar-refractivity contribution in [1.29, 1.82) is 0 Å². The molecule has 1 aliphatic rings. The van der Waals surface area contributed by atoms with Gasteiger partial charge in [0, 0.05) is 49.9 Å². The second-order valence-corrected chi connectivity index (χ2v) is 10.3. The molecule has 2 aromatic carbocycles. The summed E-state index contributed by atoms with van der Waals surface area (Å²) in [5.74, 6) is 0.623. The first-order valence-corrected chi connectivity index (χ1v) is 14.0. The number of anilines is 3. The summed E-state index contributed by atoms with van der Waals surface area (Å²) in [5, 5.41) is 5.66. The van der Waals surface area contributed by atoms with Gasteiger partial charge in [-0.25, -0.2) is 0 Å². The van der Waals surface area contributed by atoms with Crippen LogP contribution in [-0.2, 0) is 16.6 Å². The number of benzene rings is 2. The highest BCUT2D eigenvalue weighted by molar-refractivity contribution is 6.04. The van der Waals surface area contributed by atoms with Gasteiger partial charge in [0.2, 0.25) is 12.3 Å². The molecule has 1 fully saturated rings. The van der Waals surface area contributed by atoms with Crippen molar-refractivity contribution in [2.75, 3.05) is 36.6 Å². The Morgan fingerprint density at radius 3 is 2.62 bits per heavy atom. The maximum absolute atomic E-state index is 12.7. The zero-order valence-corrected chi connectivity index (χ0v) is 24.3. The van der Waals surface area contributed by atoms with Gasteiger partial charge in [-0.15, -0.1) is 0 Å². The van der Waals surface area contributed by atoms with Crippen LogP contribution in [0.5, 0.6) is 11.5 Å². The van der Waals surface area contributed by atoms with Crippen molar-refractivity contribution in [3.05, 3.63) is 59.9 Å². The van der Waals surface area contributed by atoms with E-state index in [2.05, 4.69) is 15.6 Å². The van der Waals surface area contributed by atoms with Gasteiger partial charge in [0.15, 0.2) is 11.5 Å². The summed E-state index contributed by atoms with van der Waals surface area (Å²) in [7, 11) is 3.31. The van der Waals surface area contributed by atoms with Crippen LogP contribution in [0.4, 0.5) is 22.7 Å². The van der Waals surface area contributed by atoms with E-state index in [-0.39, 0.29) is 24.3 Å². The normalized spacial score (nSPS) is 14.9. The van der Waals surface area contributed by atoms with Crippen molar-refractivity contribution in [3.63, 3.8) is 0 Å². The van der Waals surface area contributed by atoms with E-state index in [1.807, 2.05) is 25.3 Å². The lowest BCUT2D eigenvalue weighted by molar-refractivity contribution is -0.120. The quantitative estimate of drug-likeness (QED) is 0.124. The summed E-state index contributed by atoms with van der Waals surface area (Å²) in [6.45, 7) is 2.98. The Bertz CT molecular complexity index is 1430. The fourth-order valence-electron chi connectivity index (χ4n) is 4.76. The number of nitrogens with zero attached hydrogens (tertiary/aromatic N) is 3. The van der Waals surface area contributed by atoms with E-state index < -0.39 is 0 Å². The average Bonchev–Trinajstić information content (AvgIpc) is 3.35. The van der Waals surface area contributed by atoms with Crippen LogP contribution in [0, 0.1) is 6.92 Å². The number of carbonyl (C=O) groups excluding carboxylic acids is 3. The molecule has 11 nitrogen and oxygen atoms in total. The van der Waals surface area contributed by atoms with Gasteiger partial charge in [-0.3, -0.25) is 19.4 Å². The largest absolute Gasteiger partial charge is 0.493 e. The van der Waals surface area contributed by atoms with Crippen molar-refractivity contribution < 1.29 is 23.9 Å². The molecule has 0 aliphatic carbocycles. The lowest BCUT2D eigenvalue weighted by Crippen LogP contribution is -2.39. The number of nitrogens with one attached hydrogen (secondary N) is 2. The number of amides is 3. The third kappa shape index (κ3) is 7.90. The van der Waals surface area contributed by atoms with Crippen molar-refractivity contribution in [2.24, 2.45) is 12.0 Å². The monoisotopic (exact) mass is 574 g/mol. The van der Waals surface area contributed by atoms with E-state index in [0.29, 0.717) is 47.3 Å². The van der Waals surface area contributed by atoms with Crippen molar-refractivity contribution in [1.82, 2.24) is 9.47 Å². The van der Waals surface area contributed by atoms with Crippen LogP contribution in [0.15, 0.2) is 53.7 Å². The van der Waals surface area contributed by atoms with Crippen LogP contribution < -0.4 is 25.8 Å².